The van der Waals surface area contributed by atoms with Gasteiger partial charge in [-0.05, 0) is 48.9 Å². The number of pyridine rings is 1. The van der Waals surface area contributed by atoms with E-state index in [1.54, 1.807) is 31.5 Å². The van der Waals surface area contributed by atoms with Gasteiger partial charge in [0.2, 0.25) is 0 Å². The van der Waals surface area contributed by atoms with Crippen LogP contribution < -0.4 is 0 Å². The Morgan fingerprint density at radius 3 is 2.26 bits per heavy atom. The molecule has 1 aromatic heterocycles. The van der Waals surface area contributed by atoms with Gasteiger partial charge in [0.15, 0.2) is 0 Å². The number of nitrogens with zero attached hydrogens (tertiary/aromatic N) is 2. The molecule has 0 bridgehead atoms. The number of hydrogen-bond donors (Lipinski definition) is 0. The number of carbonyl (C=O) groups is 2. The van der Waals surface area contributed by atoms with E-state index in [0.717, 1.165) is 29.8 Å². The third-order valence-corrected chi connectivity index (χ3v) is 3.76. The number of carbonyl (C=O) groups excluding carboxylic acids is 2. The standard InChI is InChI=1S/C19H19F3N2O3/c1-2-27-17(25)9-12-24(13-14-7-10-23-11-8-14)18(26)15-3-5-16(6-4-15)19(20,21)22/h3-8,10-11H,2,9,12-13H2,1H3. The van der Waals surface area contributed by atoms with Crippen molar-refractivity contribution in [3.05, 3.63) is 65.5 Å². The molecule has 2 aromatic rings. The lowest BCUT2D eigenvalue weighted by atomic mass is 10.1. The van der Waals surface area contributed by atoms with Gasteiger partial charge >= 0.3 is 12.1 Å². The van der Waals surface area contributed by atoms with Crippen LogP contribution in [0.2, 0.25) is 0 Å². The highest BCUT2D eigenvalue weighted by atomic mass is 19.4. The van der Waals surface area contributed by atoms with Gasteiger partial charge in [-0.1, -0.05) is 0 Å². The number of aromatic nitrogens is 1. The van der Waals surface area contributed by atoms with Crippen molar-refractivity contribution in [1.29, 1.82) is 0 Å². The molecule has 0 saturated carbocycles. The van der Waals surface area contributed by atoms with Gasteiger partial charge < -0.3 is 9.64 Å². The number of benzene rings is 1. The van der Waals surface area contributed by atoms with E-state index in [1.165, 1.54) is 4.90 Å². The van der Waals surface area contributed by atoms with Crippen molar-refractivity contribution in [1.82, 2.24) is 9.88 Å². The fourth-order valence-corrected chi connectivity index (χ4v) is 2.40. The largest absolute Gasteiger partial charge is 0.466 e. The molecule has 1 aromatic carbocycles. The molecule has 0 unspecified atom stereocenters. The maximum absolute atomic E-state index is 12.8. The second-order valence-corrected chi connectivity index (χ2v) is 5.71. The zero-order valence-corrected chi connectivity index (χ0v) is 14.7. The van der Waals surface area contributed by atoms with E-state index >= 15 is 0 Å². The zero-order chi connectivity index (χ0) is 19.9. The number of rotatable bonds is 7. The fourth-order valence-electron chi connectivity index (χ4n) is 2.40. The van der Waals surface area contributed by atoms with Crippen LogP contribution in [-0.2, 0) is 22.3 Å². The predicted molar refractivity (Wildman–Crippen MR) is 91.7 cm³/mol. The van der Waals surface area contributed by atoms with Gasteiger partial charge in [-0.2, -0.15) is 13.2 Å². The van der Waals surface area contributed by atoms with Crippen molar-refractivity contribution in [3.8, 4) is 0 Å². The van der Waals surface area contributed by atoms with Gasteiger partial charge in [-0.25, -0.2) is 0 Å². The lowest BCUT2D eigenvalue weighted by Gasteiger charge is -2.23. The van der Waals surface area contributed by atoms with Crippen LogP contribution in [0.5, 0.6) is 0 Å². The maximum Gasteiger partial charge on any atom is 0.416 e. The van der Waals surface area contributed by atoms with E-state index in [4.69, 9.17) is 4.74 Å². The average molecular weight is 380 g/mol. The highest BCUT2D eigenvalue weighted by molar-refractivity contribution is 5.94. The Morgan fingerprint density at radius 1 is 1.07 bits per heavy atom. The Balaban J connectivity index is 2.17. The number of esters is 1. The summed E-state index contributed by atoms with van der Waals surface area (Å²) in [6.45, 7) is 2.19. The van der Waals surface area contributed by atoms with Crippen molar-refractivity contribution in [2.24, 2.45) is 0 Å². The molecule has 0 spiro atoms. The average Bonchev–Trinajstić information content (AvgIpc) is 2.65. The Kier molecular flexibility index (Phi) is 6.92. The predicted octanol–water partition coefficient (Wildman–Crippen LogP) is 3.70. The minimum absolute atomic E-state index is 0.00863. The van der Waals surface area contributed by atoms with E-state index < -0.39 is 23.6 Å². The molecule has 0 atom stereocenters. The highest BCUT2D eigenvalue weighted by Gasteiger charge is 2.30. The van der Waals surface area contributed by atoms with E-state index in [-0.39, 0.29) is 31.7 Å². The van der Waals surface area contributed by atoms with Gasteiger partial charge in [0, 0.05) is 31.0 Å². The first-order valence-corrected chi connectivity index (χ1v) is 8.32. The van der Waals surface area contributed by atoms with Crippen molar-refractivity contribution >= 4 is 11.9 Å². The summed E-state index contributed by atoms with van der Waals surface area (Å²) >= 11 is 0. The lowest BCUT2D eigenvalue weighted by Crippen LogP contribution is -2.33. The zero-order valence-electron chi connectivity index (χ0n) is 14.7. The molecule has 0 N–H and O–H groups in total. The molecule has 0 aliphatic heterocycles. The second-order valence-electron chi connectivity index (χ2n) is 5.71. The summed E-state index contributed by atoms with van der Waals surface area (Å²) in [6.07, 6.45) is -1.34. The molecule has 1 heterocycles. The van der Waals surface area contributed by atoms with Gasteiger partial charge in [0.1, 0.15) is 0 Å². The number of alkyl halides is 3. The molecule has 0 fully saturated rings. The molecular formula is C19H19F3N2O3. The summed E-state index contributed by atoms with van der Waals surface area (Å²) in [6, 6.07) is 7.44. The third kappa shape index (κ3) is 6.09. The smallest absolute Gasteiger partial charge is 0.416 e. The SMILES string of the molecule is CCOC(=O)CCN(Cc1ccncc1)C(=O)c1ccc(C(F)(F)F)cc1. The van der Waals surface area contributed by atoms with E-state index in [9.17, 15) is 22.8 Å². The second kappa shape index (κ2) is 9.16. The van der Waals surface area contributed by atoms with Crippen molar-refractivity contribution < 1.29 is 27.5 Å². The summed E-state index contributed by atoms with van der Waals surface area (Å²) in [5.74, 6) is -0.915. The number of hydrogen-bond acceptors (Lipinski definition) is 4. The number of ether oxygens (including phenoxy) is 1. The molecule has 0 aliphatic carbocycles. The van der Waals surface area contributed by atoms with Crippen molar-refractivity contribution in [2.45, 2.75) is 26.1 Å². The first-order valence-electron chi connectivity index (χ1n) is 8.32. The van der Waals surface area contributed by atoms with Crippen LogP contribution in [-0.4, -0.2) is 34.9 Å². The maximum atomic E-state index is 12.8. The van der Waals surface area contributed by atoms with Crippen molar-refractivity contribution in [3.63, 3.8) is 0 Å². The summed E-state index contributed by atoms with van der Waals surface area (Å²) in [5.41, 5.74) is 0.0706. The number of amides is 1. The van der Waals surface area contributed by atoms with E-state index in [2.05, 4.69) is 4.98 Å². The molecule has 2 rings (SSSR count). The lowest BCUT2D eigenvalue weighted by molar-refractivity contribution is -0.143. The van der Waals surface area contributed by atoms with E-state index in [0.29, 0.717) is 0 Å². The first kappa shape index (κ1) is 20.4. The Morgan fingerprint density at radius 2 is 1.70 bits per heavy atom. The van der Waals surface area contributed by atoms with Crippen LogP contribution in [0.4, 0.5) is 13.2 Å². The molecule has 27 heavy (non-hydrogen) atoms. The van der Waals surface area contributed by atoms with Crippen LogP contribution in [0.1, 0.15) is 34.8 Å². The van der Waals surface area contributed by atoms with Gasteiger partial charge in [0.05, 0.1) is 18.6 Å². The fraction of sp³-hybridized carbons (Fsp3) is 0.316. The van der Waals surface area contributed by atoms with Crippen LogP contribution in [0.25, 0.3) is 0 Å². The topological polar surface area (TPSA) is 59.5 Å². The van der Waals surface area contributed by atoms with Gasteiger partial charge in [-0.3, -0.25) is 14.6 Å². The van der Waals surface area contributed by atoms with Crippen LogP contribution in [0, 0.1) is 0 Å². The van der Waals surface area contributed by atoms with E-state index in [1.807, 2.05) is 0 Å². The highest BCUT2D eigenvalue weighted by Crippen LogP contribution is 2.29. The third-order valence-electron chi connectivity index (χ3n) is 3.76. The Labute approximate surface area is 154 Å². The molecule has 8 heteroatoms. The molecule has 144 valence electrons. The monoisotopic (exact) mass is 380 g/mol. The van der Waals surface area contributed by atoms with Crippen LogP contribution >= 0.6 is 0 Å². The van der Waals surface area contributed by atoms with Crippen LogP contribution in [0.3, 0.4) is 0 Å². The Hall–Kier alpha value is -2.90. The summed E-state index contributed by atoms with van der Waals surface area (Å²) in [4.78, 5) is 29.7. The Bertz CT molecular complexity index is 762. The normalized spacial score (nSPS) is 11.1. The molecule has 5 nitrogen and oxygen atoms in total. The minimum atomic E-state index is -4.47. The summed E-state index contributed by atoms with van der Waals surface area (Å²) in [7, 11) is 0. The molecule has 1 amide bonds. The molecular weight excluding hydrogens is 361 g/mol. The first-order chi connectivity index (χ1) is 12.8. The van der Waals surface area contributed by atoms with Gasteiger partial charge in [0.25, 0.3) is 5.91 Å². The van der Waals surface area contributed by atoms with Gasteiger partial charge in [-0.15, -0.1) is 0 Å². The molecule has 0 saturated heterocycles. The summed E-state index contributed by atoms with van der Waals surface area (Å²) < 4.78 is 43.0. The van der Waals surface area contributed by atoms with Crippen molar-refractivity contribution in [2.75, 3.05) is 13.2 Å². The minimum Gasteiger partial charge on any atom is -0.466 e. The number of halogens is 3. The quantitative estimate of drug-likeness (QED) is 0.688. The molecule has 0 aliphatic rings. The summed E-state index contributed by atoms with van der Waals surface area (Å²) in [5, 5.41) is 0. The van der Waals surface area contributed by atoms with Crippen LogP contribution in [0.15, 0.2) is 48.8 Å². The molecule has 0 radical (unpaired) electrons.